The number of carboxylic acids is 2. The van der Waals surface area contributed by atoms with E-state index in [1.807, 2.05) is 0 Å². The van der Waals surface area contributed by atoms with Crippen molar-refractivity contribution in [3.8, 4) is 0 Å². The van der Waals surface area contributed by atoms with Crippen molar-refractivity contribution in [1.82, 2.24) is 0 Å². The Kier molecular flexibility index (Phi) is 3.84. The highest BCUT2D eigenvalue weighted by Gasteiger charge is 2.13. The molecule has 1 rings (SSSR count). The average molecular weight is 224 g/mol. The highest BCUT2D eigenvalue weighted by atomic mass is 16.4. The molecule has 0 aliphatic rings. The van der Waals surface area contributed by atoms with E-state index in [0.29, 0.717) is 11.3 Å². The summed E-state index contributed by atoms with van der Waals surface area (Å²) in [5, 5.41) is 19.7. The number of carboxylic acid groups (broad SMARTS) is 2. The molecule has 6 heteroatoms. The van der Waals surface area contributed by atoms with Crippen LogP contribution in [0.5, 0.6) is 0 Å². The zero-order valence-electron chi connectivity index (χ0n) is 8.38. The summed E-state index contributed by atoms with van der Waals surface area (Å²) in [6.07, 6.45) is 0. The topological polar surface area (TPSA) is 113 Å². The summed E-state index contributed by atoms with van der Waals surface area (Å²) < 4.78 is 0. The molecule has 0 aliphatic carbocycles. The molecule has 0 saturated heterocycles. The van der Waals surface area contributed by atoms with Gasteiger partial charge < -0.3 is 21.3 Å². The molecular weight excluding hydrogens is 212 g/mol. The maximum Gasteiger partial charge on any atom is 0.325 e. The Hall–Kier alpha value is -2.08. The van der Waals surface area contributed by atoms with Gasteiger partial charge in [0.05, 0.1) is 0 Å². The highest BCUT2D eigenvalue weighted by Crippen LogP contribution is 2.14. The smallest absolute Gasteiger partial charge is 0.325 e. The molecule has 16 heavy (non-hydrogen) atoms. The number of anilines is 1. The van der Waals surface area contributed by atoms with Crippen molar-refractivity contribution in [3.05, 3.63) is 29.8 Å². The largest absolute Gasteiger partial charge is 0.480 e. The number of hydrogen-bond acceptors (Lipinski definition) is 4. The quantitative estimate of drug-likeness (QED) is 0.571. The molecular formula is C10H12N2O4. The van der Waals surface area contributed by atoms with E-state index in [-0.39, 0.29) is 6.54 Å². The third-order valence-corrected chi connectivity index (χ3v) is 1.98. The van der Waals surface area contributed by atoms with Crippen LogP contribution in [0.1, 0.15) is 11.6 Å². The Morgan fingerprint density at radius 3 is 2.25 bits per heavy atom. The van der Waals surface area contributed by atoms with Crippen LogP contribution in [0, 0.1) is 0 Å². The monoisotopic (exact) mass is 224 g/mol. The molecule has 86 valence electrons. The fraction of sp³-hybridized carbons (Fsp3) is 0.200. The van der Waals surface area contributed by atoms with Gasteiger partial charge in [-0.25, -0.2) is 0 Å². The Morgan fingerprint density at radius 2 is 1.81 bits per heavy atom. The molecule has 0 spiro atoms. The Balaban J connectivity index is 2.67. The molecule has 0 aromatic heterocycles. The molecule has 5 N–H and O–H groups in total. The van der Waals surface area contributed by atoms with Crippen LogP contribution in [0.4, 0.5) is 5.69 Å². The summed E-state index contributed by atoms with van der Waals surface area (Å²) >= 11 is 0. The van der Waals surface area contributed by atoms with Gasteiger partial charge in [0.2, 0.25) is 0 Å². The second kappa shape index (κ2) is 5.13. The molecule has 0 amide bonds. The third kappa shape index (κ3) is 3.25. The van der Waals surface area contributed by atoms with Crippen molar-refractivity contribution in [1.29, 1.82) is 0 Å². The molecule has 1 atom stereocenters. The van der Waals surface area contributed by atoms with Gasteiger partial charge >= 0.3 is 11.9 Å². The second-order valence-electron chi connectivity index (χ2n) is 3.19. The zero-order valence-corrected chi connectivity index (χ0v) is 8.38. The van der Waals surface area contributed by atoms with Gasteiger partial charge in [0.1, 0.15) is 12.6 Å². The lowest BCUT2D eigenvalue weighted by Gasteiger charge is -2.08. The van der Waals surface area contributed by atoms with Crippen LogP contribution < -0.4 is 11.1 Å². The second-order valence-corrected chi connectivity index (χ2v) is 3.19. The van der Waals surface area contributed by atoms with E-state index in [2.05, 4.69) is 5.32 Å². The molecule has 0 radical (unpaired) electrons. The first kappa shape index (κ1) is 12.0. The molecule has 0 aliphatic heterocycles. The first-order valence-corrected chi connectivity index (χ1v) is 4.54. The van der Waals surface area contributed by atoms with Crippen molar-refractivity contribution in [2.45, 2.75) is 6.04 Å². The van der Waals surface area contributed by atoms with Crippen LogP contribution >= 0.6 is 0 Å². The van der Waals surface area contributed by atoms with Gasteiger partial charge in [-0.15, -0.1) is 0 Å². The van der Waals surface area contributed by atoms with Crippen LogP contribution in [0.25, 0.3) is 0 Å². The van der Waals surface area contributed by atoms with Crippen molar-refractivity contribution < 1.29 is 19.8 Å². The third-order valence-electron chi connectivity index (χ3n) is 1.98. The standard InChI is InChI=1S/C10H12N2O4/c11-9(10(15)16)6-1-3-7(4-2-6)12-5-8(13)14/h1-4,9,12H,5,11H2,(H,13,14)(H,15,16). The van der Waals surface area contributed by atoms with Crippen LogP contribution in [-0.4, -0.2) is 28.7 Å². The molecule has 0 fully saturated rings. The van der Waals surface area contributed by atoms with Crippen molar-refractivity contribution in [3.63, 3.8) is 0 Å². The van der Waals surface area contributed by atoms with Gasteiger partial charge in [0.15, 0.2) is 0 Å². The summed E-state index contributed by atoms with van der Waals surface area (Å²) in [5.74, 6) is -2.07. The van der Waals surface area contributed by atoms with E-state index in [1.165, 1.54) is 0 Å². The Labute approximate surface area is 91.7 Å². The molecule has 6 nitrogen and oxygen atoms in total. The van der Waals surface area contributed by atoms with Crippen LogP contribution in [0.2, 0.25) is 0 Å². The van der Waals surface area contributed by atoms with E-state index in [9.17, 15) is 9.59 Å². The number of hydrogen-bond donors (Lipinski definition) is 4. The van der Waals surface area contributed by atoms with E-state index < -0.39 is 18.0 Å². The molecule has 0 bridgehead atoms. The number of nitrogens with one attached hydrogen (secondary N) is 1. The lowest BCUT2D eigenvalue weighted by atomic mass is 10.1. The minimum atomic E-state index is -1.11. The minimum Gasteiger partial charge on any atom is -0.480 e. The summed E-state index contributed by atoms with van der Waals surface area (Å²) in [6.45, 7) is -0.190. The number of rotatable bonds is 5. The van der Waals surface area contributed by atoms with Gasteiger partial charge in [-0.2, -0.15) is 0 Å². The molecule has 1 unspecified atom stereocenters. The molecule has 0 saturated carbocycles. The van der Waals surface area contributed by atoms with Gasteiger partial charge in [0.25, 0.3) is 0 Å². The van der Waals surface area contributed by atoms with Crippen LogP contribution in [-0.2, 0) is 9.59 Å². The maximum absolute atomic E-state index is 10.6. The predicted molar refractivity (Wildman–Crippen MR) is 57.1 cm³/mol. The number of benzene rings is 1. The normalized spacial score (nSPS) is 11.8. The van der Waals surface area contributed by atoms with E-state index in [4.69, 9.17) is 15.9 Å². The highest BCUT2D eigenvalue weighted by molar-refractivity contribution is 5.76. The average Bonchev–Trinajstić information content (AvgIpc) is 2.26. The number of nitrogens with two attached hydrogens (primary N) is 1. The lowest BCUT2D eigenvalue weighted by Crippen LogP contribution is -2.20. The molecule has 1 aromatic rings. The van der Waals surface area contributed by atoms with E-state index >= 15 is 0 Å². The molecule has 1 aromatic carbocycles. The van der Waals surface area contributed by atoms with E-state index in [1.54, 1.807) is 24.3 Å². The first-order chi connectivity index (χ1) is 7.50. The first-order valence-electron chi connectivity index (χ1n) is 4.54. The zero-order chi connectivity index (χ0) is 12.1. The van der Waals surface area contributed by atoms with Gasteiger partial charge in [-0.3, -0.25) is 9.59 Å². The fourth-order valence-corrected chi connectivity index (χ4v) is 1.13. The SMILES string of the molecule is NC(C(=O)O)c1ccc(NCC(=O)O)cc1. The van der Waals surface area contributed by atoms with Gasteiger partial charge in [0, 0.05) is 5.69 Å². The van der Waals surface area contributed by atoms with Crippen molar-refractivity contribution in [2.75, 3.05) is 11.9 Å². The van der Waals surface area contributed by atoms with Gasteiger partial charge in [-0.1, -0.05) is 12.1 Å². The summed E-state index contributed by atoms with van der Waals surface area (Å²) in [6, 6.07) is 5.20. The lowest BCUT2D eigenvalue weighted by molar-refractivity contribution is -0.138. The Morgan fingerprint density at radius 1 is 1.25 bits per heavy atom. The molecule has 0 heterocycles. The van der Waals surface area contributed by atoms with Gasteiger partial charge in [-0.05, 0) is 17.7 Å². The van der Waals surface area contributed by atoms with Crippen molar-refractivity contribution in [2.24, 2.45) is 5.73 Å². The number of aliphatic carboxylic acids is 2. The number of carbonyl (C=O) groups is 2. The van der Waals surface area contributed by atoms with E-state index in [0.717, 1.165) is 0 Å². The summed E-state index contributed by atoms with van der Waals surface area (Å²) in [7, 11) is 0. The Bertz CT molecular complexity index is 388. The van der Waals surface area contributed by atoms with Crippen molar-refractivity contribution >= 4 is 17.6 Å². The predicted octanol–water partition coefficient (Wildman–Crippen LogP) is 0.267. The fourth-order valence-electron chi connectivity index (χ4n) is 1.13. The van der Waals surface area contributed by atoms with Crippen LogP contribution in [0.15, 0.2) is 24.3 Å². The summed E-state index contributed by atoms with van der Waals surface area (Å²) in [5.41, 5.74) is 6.46. The minimum absolute atomic E-state index is 0.190. The van der Waals surface area contributed by atoms with Crippen LogP contribution in [0.3, 0.4) is 0 Å². The maximum atomic E-state index is 10.6. The summed E-state index contributed by atoms with van der Waals surface area (Å²) in [4.78, 5) is 20.9.